The SMILES string of the molecule is C=CCCCN1Cc2ccc(C(=O)O)cc2C1. The normalized spacial score (nSPS) is 14.6. The fourth-order valence-electron chi connectivity index (χ4n) is 2.22. The summed E-state index contributed by atoms with van der Waals surface area (Å²) in [6, 6.07) is 5.42. The summed E-state index contributed by atoms with van der Waals surface area (Å²) in [6.45, 7) is 6.56. The van der Waals surface area contributed by atoms with Crippen LogP contribution in [0.25, 0.3) is 0 Å². The maximum absolute atomic E-state index is 10.9. The van der Waals surface area contributed by atoms with Crippen LogP contribution in [0.15, 0.2) is 30.9 Å². The van der Waals surface area contributed by atoms with Crippen molar-refractivity contribution in [2.75, 3.05) is 6.54 Å². The average Bonchev–Trinajstić information content (AvgIpc) is 2.70. The number of hydrogen-bond acceptors (Lipinski definition) is 2. The molecule has 1 heterocycles. The lowest BCUT2D eigenvalue weighted by Crippen LogP contribution is -2.17. The van der Waals surface area contributed by atoms with Crippen molar-refractivity contribution in [3.8, 4) is 0 Å². The van der Waals surface area contributed by atoms with E-state index in [4.69, 9.17) is 5.11 Å². The van der Waals surface area contributed by atoms with Gasteiger partial charge < -0.3 is 5.11 Å². The number of carbonyl (C=O) groups is 1. The highest BCUT2D eigenvalue weighted by Crippen LogP contribution is 2.24. The van der Waals surface area contributed by atoms with Gasteiger partial charge in [0.15, 0.2) is 0 Å². The van der Waals surface area contributed by atoms with Gasteiger partial charge in [-0.1, -0.05) is 12.1 Å². The fourth-order valence-corrected chi connectivity index (χ4v) is 2.22. The van der Waals surface area contributed by atoms with E-state index in [2.05, 4.69) is 11.5 Å². The molecule has 0 saturated heterocycles. The third kappa shape index (κ3) is 2.74. The molecular formula is C14H17NO2. The highest BCUT2D eigenvalue weighted by Gasteiger charge is 2.19. The smallest absolute Gasteiger partial charge is 0.335 e. The number of carboxylic acid groups (broad SMARTS) is 1. The molecule has 0 fully saturated rings. The summed E-state index contributed by atoms with van der Waals surface area (Å²) < 4.78 is 0. The van der Waals surface area contributed by atoms with Crippen LogP contribution in [0.4, 0.5) is 0 Å². The van der Waals surface area contributed by atoms with Crippen molar-refractivity contribution in [3.63, 3.8) is 0 Å². The maximum Gasteiger partial charge on any atom is 0.335 e. The number of benzene rings is 1. The summed E-state index contributed by atoms with van der Waals surface area (Å²) in [6.07, 6.45) is 4.09. The summed E-state index contributed by atoms with van der Waals surface area (Å²) in [4.78, 5) is 13.2. The first-order valence-corrected chi connectivity index (χ1v) is 5.89. The molecule has 0 saturated carbocycles. The Balaban J connectivity index is 2.01. The Morgan fingerprint density at radius 1 is 1.41 bits per heavy atom. The van der Waals surface area contributed by atoms with Gasteiger partial charge in [0.25, 0.3) is 0 Å². The van der Waals surface area contributed by atoms with E-state index in [1.54, 1.807) is 12.1 Å². The van der Waals surface area contributed by atoms with Crippen molar-refractivity contribution in [2.24, 2.45) is 0 Å². The van der Waals surface area contributed by atoms with E-state index in [1.807, 2.05) is 12.1 Å². The molecule has 1 N–H and O–H groups in total. The van der Waals surface area contributed by atoms with Crippen molar-refractivity contribution in [1.29, 1.82) is 0 Å². The molecule has 3 heteroatoms. The molecule has 2 rings (SSSR count). The Morgan fingerprint density at radius 2 is 2.18 bits per heavy atom. The van der Waals surface area contributed by atoms with E-state index in [1.165, 1.54) is 5.56 Å². The molecule has 0 atom stereocenters. The van der Waals surface area contributed by atoms with Crippen LogP contribution < -0.4 is 0 Å². The Kier molecular flexibility index (Phi) is 3.59. The van der Waals surface area contributed by atoms with Gasteiger partial charge in [-0.25, -0.2) is 4.79 Å². The topological polar surface area (TPSA) is 40.5 Å². The fraction of sp³-hybridized carbons (Fsp3) is 0.357. The van der Waals surface area contributed by atoms with Crippen molar-refractivity contribution in [3.05, 3.63) is 47.5 Å². The zero-order valence-corrected chi connectivity index (χ0v) is 9.85. The van der Waals surface area contributed by atoms with Crippen LogP contribution in [-0.2, 0) is 13.1 Å². The second-order valence-electron chi connectivity index (χ2n) is 4.43. The molecule has 0 unspecified atom stereocenters. The molecule has 1 aliphatic rings. The lowest BCUT2D eigenvalue weighted by molar-refractivity contribution is 0.0696. The number of nitrogens with zero attached hydrogens (tertiary/aromatic N) is 1. The molecule has 0 aliphatic carbocycles. The first-order valence-electron chi connectivity index (χ1n) is 5.89. The number of fused-ring (bicyclic) bond motifs is 1. The van der Waals surface area contributed by atoms with E-state index >= 15 is 0 Å². The van der Waals surface area contributed by atoms with E-state index in [0.29, 0.717) is 5.56 Å². The van der Waals surface area contributed by atoms with E-state index < -0.39 is 5.97 Å². The lowest BCUT2D eigenvalue weighted by atomic mass is 10.1. The van der Waals surface area contributed by atoms with Gasteiger partial charge >= 0.3 is 5.97 Å². The Bertz CT molecular complexity index is 440. The monoisotopic (exact) mass is 231 g/mol. The van der Waals surface area contributed by atoms with E-state index in [0.717, 1.165) is 38.0 Å². The first-order chi connectivity index (χ1) is 8.20. The van der Waals surface area contributed by atoms with Crippen molar-refractivity contribution < 1.29 is 9.90 Å². The summed E-state index contributed by atoms with van der Waals surface area (Å²) >= 11 is 0. The van der Waals surface area contributed by atoms with Crippen LogP contribution in [0, 0.1) is 0 Å². The summed E-state index contributed by atoms with van der Waals surface area (Å²) in [5.74, 6) is -0.849. The maximum atomic E-state index is 10.9. The third-order valence-electron chi connectivity index (χ3n) is 3.12. The number of aromatic carboxylic acids is 1. The van der Waals surface area contributed by atoms with Gasteiger partial charge in [-0.3, -0.25) is 4.90 Å². The van der Waals surface area contributed by atoms with Crippen LogP contribution in [0.1, 0.15) is 34.3 Å². The predicted octanol–water partition coefficient (Wildman–Crippen LogP) is 2.67. The highest BCUT2D eigenvalue weighted by molar-refractivity contribution is 5.87. The van der Waals surface area contributed by atoms with Crippen LogP contribution >= 0.6 is 0 Å². The first kappa shape index (κ1) is 11.9. The van der Waals surface area contributed by atoms with Crippen molar-refractivity contribution in [1.82, 2.24) is 4.90 Å². The van der Waals surface area contributed by atoms with Gasteiger partial charge in [0.1, 0.15) is 0 Å². The van der Waals surface area contributed by atoms with E-state index in [9.17, 15) is 4.79 Å². The Morgan fingerprint density at radius 3 is 2.88 bits per heavy atom. The van der Waals surface area contributed by atoms with Crippen LogP contribution in [0.3, 0.4) is 0 Å². The lowest BCUT2D eigenvalue weighted by Gasteiger charge is -2.13. The zero-order chi connectivity index (χ0) is 12.3. The molecule has 0 amide bonds. The van der Waals surface area contributed by atoms with Crippen LogP contribution in [0.2, 0.25) is 0 Å². The number of rotatable bonds is 5. The summed E-state index contributed by atoms with van der Waals surface area (Å²) in [7, 11) is 0. The molecule has 17 heavy (non-hydrogen) atoms. The van der Waals surface area contributed by atoms with Gasteiger partial charge in [-0.05, 0) is 42.6 Å². The third-order valence-corrected chi connectivity index (χ3v) is 3.12. The van der Waals surface area contributed by atoms with E-state index in [-0.39, 0.29) is 0 Å². The molecule has 0 aromatic heterocycles. The minimum atomic E-state index is -0.849. The number of allylic oxidation sites excluding steroid dienone is 1. The van der Waals surface area contributed by atoms with Crippen LogP contribution in [-0.4, -0.2) is 22.5 Å². The molecule has 0 radical (unpaired) electrons. The number of carboxylic acids is 1. The van der Waals surface area contributed by atoms with Crippen molar-refractivity contribution in [2.45, 2.75) is 25.9 Å². The van der Waals surface area contributed by atoms with Gasteiger partial charge in [0, 0.05) is 13.1 Å². The second kappa shape index (κ2) is 5.15. The minimum Gasteiger partial charge on any atom is -0.478 e. The van der Waals surface area contributed by atoms with Gasteiger partial charge in [-0.15, -0.1) is 6.58 Å². The summed E-state index contributed by atoms with van der Waals surface area (Å²) in [5, 5.41) is 8.93. The summed E-state index contributed by atoms with van der Waals surface area (Å²) in [5.41, 5.74) is 2.80. The minimum absolute atomic E-state index is 0.386. The van der Waals surface area contributed by atoms with Gasteiger partial charge in [0.2, 0.25) is 0 Å². The number of hydrogen-bond donors (Lipinski definition) is 1. The number of unbranched alkanes of at least 4 members (excludes halogenated alkanes) is 1. The molecule has 0 spiro atoms. The molecule has 1 aromatic carbocycles. The average molecular weight is 231 g/mol. The second-order valence-corrected chi connectivity index (χ2v) is 4.43. The highest BCUT2D eigenvalue weighted by atomic mass is 16.4. The van der Waals surface area contributed by atoms with Gasteiger partial charge in [-0.2, -0.15) is 0 Å². The molecule has 90 valence electrons. The van der Waals surface area contributed by atoms with Gasteiger partial charge in [0.05, 0.1) is 5.56 Å². The quantitative estimate of drug-likeness (QED) is 0.625. The Labute approximate surface area is 101 Å². The largest absolute Gasteiger partial charge is 0.478 e. The zero-order valence-electron chi connectivity index (χ0n) is 9.85. The molecule has 1 aliphatic heterocycles. The van der Waals surface area contributed by atoms with Crippen molar-refractivity contribution >= 4 is 5.97 Å². The van der Waals surface area contributed by atoms with Crippen LogP contribution in [0.5, 0.6) is 0 Å². The predicted molar refractivity (Wildman–Crippen MR) is 66.9 cm³/mol. The molecule has 1 aromatic rings. The standard InChI is InChI=1S/C14H17NO2/c1-2-3-4-7-15-9-12-6-5-11(14(16)17)8-13(12)10-15/h2,5-6,8H,1,3-4,7,9-10H2,(H,16,17). The molecule has 3 nitrogen and oxygen atoms in total. The molecular weight excluding hydrogens is 214 g/mol. The Hall–Kier alpha value is -1.61. The molecule has 0 bridgehead atoms.